The Labute approximate surface area is 121 Å². The zero-order chi connectivity index (χ0) is 15.0. The molecule has 4 heteroatoms. The average molecular weight is 275 g/mol. The third-order valence-corrected chi connectivity index (χ3v) is 3.57. The minimum atomic E-state index is 0.0702. The van der Waals surface area contributed by atoms with Crippen molar-refractivity contribution in [2.75, 3.05) is 7.05 Å². The van der Waals surface area contributed by atoms with Gasteiger partial charge in [-0.3, -0.25) is 9.79 Å². The van der Waals surface area contributed by atoms with Gasteiger partial charge in [0, 0.05) is 18.7 Å². The lowest BCUT2D eigenvalue weighted by molar-refractivity contribution is -0.125. The number of nitrogens with one attached hydrogen (secondary N) is 2. The molecule has 0 saturated heterocycles. The molecule has 110 valence electrons. The van der Waals surface area contributed by atoms with Gasteiger partial charge in [0.2, 0.25) is 5.91 Å². The molecule has 0 aromatic carbocycles. The predicted octanol–water partition coefficient (Wildman–Crippen LogP) is 2.90. The topological polar surface area (TPSA) is 53.5 Å². The van der Waals surface area contributed by atoms with Crippen LogP contribution in [-0.4, -0.2) is 19.7 Å². The number of carbonyl (C=O) groups is 1. The minimum absolute atomic E-state index is 0.0702. The van der Waals surface area contributed by atoms with Gasteiger partial charge < -0.3 is 10.6 Å². The third kappa shape index (κ3) is 4.68. The van der Waals surface area contributed by atoms with Crippen LogP contribution in [0.5, 0.6) is 0 Å². The number of rotatable bonds is 6. The van der Waals surface area contributed by atoms with Crippen molar-refractivity contribution in [2.45, 2.75) is 39.0 Å². The first-order valence-electron chi connectivity index (χ1n) is 7.15. The SMILES string of the molecule is C=NC(=C/C(=C)NC(=O)C1CCCCC1)/C(=C\C)NC. The summed E-state index contributed by atoms with van der Waals surface area (Å²) in [5.41, 5.74) is 2.08. The Kier molecular flexibility index (Phi) is 6.77. The summed E-state index contributed by atoms with van der Waals surface area (Å²) in [7, 11) is 1.82. The van der Waals surface area contributed by atoms with E-state index in [1.54, 1.807) is 6.08 Å². The molecule has 1 rings (SSSR count). The summed E-state index contributed by atoms with van der Waals surface area (Å²) < 4.78 is 0. The van der Waals surface area contributed by atoms with Crippen LogP contribution < -0.4 is 10.6 Å². The highest BCUT2D eigenvalue weighted by Crippen LogP contribution is 2.24. The molecule has 20 heavy (non-hydrogen) atoms. The molecular formula is C16H25N3O. The lowest BCUT2D eigenvalue weighted by Crippen LogP contribution is -2.30. The predicted molar refractivity (Wildman–Crippen MR) is 84.3 cm³/mol. The maximum absolute atomic E-state index is 12.1. The maximum Gasteiger partial charge on any atom is 0.227 e. The van der Waals surface area contributed by atoms with Crippen LogP contribution in [0.2, 0.25) is 0 Å². The number of hydrogen-bond donors (Lipinski definition) is 2. The van der Waals surface area contributed by atoms with Crippen LogP contribution >= 0.6 is 0 Å². The van der Waals surface area contributed by atoms with Crippen molar-refractivity contribution in [3.05, 3.63) is 35.8 Å². The molecule has 0 unspecified atom stereocenters. The van der Waals surface area contributed by atoms with Crippen molar-refractivity contribution in [1.82, 2.24) is 10.6 Å². The minimum Gasteiger partial charge on any atom is -0.387 e. The molecule has 0 aliphatic heterocycles. The number of allylic oxidation sites excluding steroid dienone is 2. The number of aliphatic imine (C=N–C) groups is 1. The molecule has 1 aliphatic carbocycles. The summed E-state index contributed by atoms with van der Waals surface area (Å²) in [6.07, 6.45) is 9.11. The molecular weight excluding hydrogens is 250 g/mol. The molecule has 4 nitrogen and oxygen atoms in total. The second-order valence-electron chi connectivity index (χ2n) is 4.99. The van der Waals surface area contributed by atoms with Crippen LogP contribution in [0.4, 0.5) is 0 Å². The zero-order valence-corrected chi connectivity index (χ0v) is 12.5. The highest BCUT2D eigenvalue weighted by molar-refractivity contribution is 5.80. The van der Waals surface area contributed by atoms with Gasteiger partial charge in [-0.1, -0.05) is 31.9 Å². The van der Waals surface area contributed by atoms with E-state index in [2.05, 4.69) is 28.9 Å². The van der Waals surface area contributed by atoms with Crippen LogP contribution in [0.15, 0.2) is 40.8 Å². The second kappa shape index (κ2) is 8.35. The number of hydrogen-bond acceptors (Lipinski definition) is 3. The van der Waals surface area contributed by atoms with Gasteiger partial charge in [-0.2, -0.15) is 0 Å². The molecule has 1 fully saturated rings. The van der Waals surface area contributed by atoms with E-state index in [0.717, 1.165) is 31.4 Å². The smallest absolute Gasteiger partial charge is 0.227 e. The number of likely N-dealkylation sites (N-methyl/N-ethyl adjacent to an activating group) is 1. The number of carbonyl (C=O) groups excluding carboxylic acids is 1. The van der Waals surface area contributed by atoms with Crippen molar-refractivity contribution >= 4 is 12.6 Å². The first kappa shape index (κ1) is 16.2. The van der Waals surface area contributed by atoms with E-state index in [4.69, 9.17) is 0 Å². The Hall–Kier alpha value is -1.84. The third-order valence-electron chi connectivity index (χ3n) is 3.57. The molecule has 0 bridgehead atoms. The summed E-state index contributed by atoms with van der Waals surface area (Å²) in [6, 6.07) is 0. The van der Waals surface area contributed by atoms with Crippen molar-refractivity contribution in [1.29, 1.82) is 0 Å². The average Bonchev–Trinajstić information content (AvgIpc) is 2.48. The Balaban J connectivity index is 2.65. The molecule has 0 heterocycles. The molecule has 1 aliphatic rings. The maximum atomic E-state index is 12.1. The molecule has 2 N–H and O–H groups in total. The van der Waals surface area contributed by atoms with E-state index in [1.165, 1.54) is 6.42 Å². The first-order chi connectivity index (χ1) is 9.62. The Morgan fingerprint density at radius 2 is 1.95 bits per heavy atom. The Bertz CT molecular complexity index is 429. The highest BCUT2D eigenvalue weighted by atomic mass is 16.1. The summed E-state index contributed by atoms with van der Waals surface area (Å²) >= 11 is 0. The van der Waals surface area contributed by atoms with Gasteiger partial charge in [-0.05, 0) is 32.6 Å². The van der Waals surface area contributed by atoms with Crippen LogP contribution in [-0.2, 0) is 4.79 Å². The van der Waals surface area contributed by atoms with Gasteiger partial charge in [0.05, 0.1) is 11.4 Å². The zero-order valence-electron chi connectivity index (χ0n) is 12.5. The lowest BCUT2D eigenvalue weighted by atomic mass is 9.88. The van der Waals surface area contributed by atoms with Gasteiger partial charge in [-0.25, -0.2) is 0 Å². The van der Waals surface area contributed by atoms with Gasteiger partial charge in [-0.15, -0.1) is 0 Å². The summed E-state index contributed by atoms with van der Waals surface area (Å²) in [5.74, 6) is 0.195. The van der Waals surface area contributed by atoms with Crippen molar-refractivity contribution < 1.29 is 4.79 Å². The molecule has 0 aromatic heterocycles. The largest absolute Gasteiger partial charge is 0.387 e. The Morgan fingerprint density at radius 3 is 2.45 bits per heavy atom. The van der Waals surface area contributed by atoms with Crippen LogP contribution in [0.25, 0.3) is 0 Å². The van der Waals surface area contributed by atoms with E-state index in [0.29, 0.717) is 11.4 Å². The molecule has 1 amide bonds. The lowest BCUT2D eigenvalue weighted by Gasteiger charge is -2.20. The van der Waals surface area contributed by atoms with E-state index >= 15 is 0 Å². The van der Waals surface area contributed by atoms with Crippen molar-refractivity contribution in [3.63, 3.8) is 0 Å². The number of amides is 1. The van der Waals surface area contributed by atoms with E-state index < -0.39 is 0 Å². The van der Waals surface area contributed by atoms with Crippen molar-refractivity contribution in [3.8, 4) is 0 Å². The van der Waals surface area contributed by atoms with E-state index in [9.17, 15) is 4.79 Å². The quantitative estimate of drug-likeness (QED) is 0.578. The second-order valence-corrected chi connectivity index (χ2v) is 4.99. The highest BCUT2D eigenvalue weighted by Gasteiger charge is 2.21. The first-order valence-corrected chi connectivity index (χ1v) is 7.15. The van der Waals surface area contributed by atoms with Gasteiger partial charge in [0.25, 0.3) is 0 Å². The fourth-order valence-corrected chi connectivity index (χ4v) is 2.46. The van der Waals surface area contributed by atoms with E-state index in [1.807, 2.05) is 20.0 Å². The van der Waals surface area contributed by atoms with Crippen LogP contribution in [0.1, 0.15) is 39.0 Å². The summed E-state index contributed by atoms with van der Waals surface area (Å²) in [6.45, 7) is 9.34. The molecule has 0 spiro atoms. The molecule has 1 saturated carbocycles. The van der Waals surface area contributed by atoms with Crippen molar-refractivity contribution in [2.24, 2.45) is 10.9 Å². The number of nitrogens with zero attached hydrogens (tertiary/aromatic N) is 1. The van der Waals surface area contributed by atoms with Crippen LogP contribution in [0, 0.1) is 5.92 Å². The Morgan fingerprint density at radius 1 is 1.30 bits per heavy atom. The molecule has 0 radical (unpaired) electrons. The normalized spacial score (nSPS) is 17.5. The van der Waals surface area contributed by atoms with Gasteiger partial charge in [0.15, 0.2) is 0 Å². The summed E-state index contributed by atoms with van der Waals surface area (Å²) in [5, 5.41) is 5.89. The fraction of sp³-hybridized carbons (Fsp3) is 0.500. The standard InChI is InChI=1S/C16H25N3O/c1-5-14(17-3)15(18-4)11-12(2)19-16(20)13-9-7-6-8-10-13/h5,11,13,17H,2,4,6-10H2,1,3H3,(H,19,20)/b14-5+,15-11+. The monoisotopic (exact) mass is 275 g/mol. The molecule has 0 atom stereocenters. The summed E-state index contributed by atoms with van der Waals surface area (Å²) in [4.78, 5) is 16.1. The van der Waals surface area contributed by atoms with E-state index in [-0.39, 0.29) is 11.8 Å². The molecule has 0 aromatic rings. The van der Waals surface area contributed by atoms with Crippen LogP contribution in [0.3, 0.4) is 0 Å². The van der Waals surface area contributed by atoms with Gasteiger partial charge >= 0.3 is 0 Å². The fourth-order valence-electron chi connectivity index (χ4n) is 2.46. The van der Waals surface area contributed by atoms with Gasteiger partial charge in [0.1, 0.15) is 0 Å².